The van der Waals surface area contributed by atoms with E-state index in [1.807, 2.05) is 43.3 Å². The molecule has 5 rings (SSSR count). The van der Waals surface area contributed by atoms with Crippen LogP contribution in [-0.4, -0.2) is 27.8 Å². The summed E-state index contributed by atoms with van der Waals surface area (Å²) >= 11 is 5.15. The highest BCUT2D eigenvalue weighted by Gasteiger charge is 2.34. The number of hydrogen-bond donors (Lipinski definition) is 1. The quantitative estimate of drug-likeness (QED) is 0.457. The summed E-state index contributed by atoms with van der Waals surface area (Å²) in [5.41, 5.74) is 3.88. The Balaban J connectivity index is 1.67. The highest BCUT2D eigenvalue weighted by Crippen LogP contribution is 2.43. The molecule has 8 heteroatoms. The van der Waals surface area contributed by atoms with Crippen LogP contribution < -0.4 is 10.1 Å². The van der Waals surface area contributed by atoms with Crippen LogP contribution in [0.15, 0.2) is 46.9 Å². The number of nitrogens with one attached hydrogen (secondary N) is 1. The third-order valence-electron chi connectivity index (χ3n) is 5.15. The number of thiazole rings is 1. The van der Waals surface area contributed by atoms with E-state index in [1.54, 1.807) is 11.8 Å². The fourth-order valence-electron chi connectivity index (χ4n) is 3.82. The summed E-state index contributed by atoms with van der Waals surface area (Å²) in [5.74, 6) is 1.40. The van der Waals surface area contributed by atoms with E-state index in [0.29, 0.717) is 17.4 Å². The molecule has 0 bridgehead atoms. The number of methoxy groups -OCH3 is 1. The van der Waals surface area contributed by atoms with Gasteiger partial charge in [-0.25, -0.2) is 4.98 Å². The zero-order chi connectivity index (χ0) is 20.1. The minimum Gasteiger partial charge on any atom is -0.497 e. The molecule has 1 aliphatic heterocycles. The van der Waals surface area contributed by atoms with E-state index in [0.717, 1.165) is 37.3 Å². The average Bonchev–Trinajstić information content (AvgIpc) is 3.28. The SMILES string of the molecule is COc1ccc2nc(-n3nc(C)c4c3NC(=O)C[C@@H]4c3ccccc3Br)sc2c1. The van der Waals surface area contributed by atoms with E-state index in [1.165, 1.54) is 11.3 Å². The lowest BCUT2D eigenvalue weighted by molar-refractivity contribution is -0.116. The molecule has 29 heavy (non-hydrogen) atoms. The Kier molecular flexibility index (Phi) is 4.40. The molecular weight excluding hydrogens is 452 g/mol. The minimum atomic E-state index is -0.0578. The molecule has 2 aromatic carbocycles. The molecule has 2 aromatic heterocycles. The van der Waals surface area contributed by atoms with Crippen LogP contribution in [0.25, 0.3) is 15.3 Å². The van der Waals surface area contributed by atoms with Gasteiger partial charge in [-0.1, -0.05) is 45.5 Å². The normalized spacial score (nSPS) is 16.0. The van der Waals surface area contributed by atoms with Gasteiger partial charge >= 0.3 is 0 Å². The van der Waals surface area contributed by atoms with Gasteiger partial charge in [-0.2, -0.15) is 9.78 Å². The number of hydrogen-bond acceptors (Lipinski definition) is 5. The Morgan fingerprint density at radius 1 is 1.28 bits per heavy atom. The van der Waals surface area contributed by atoms with Crippen LogP contribution >= 0.6 is 27.3 Å². The summed E-state index contributed by atoms with van der Waals surface area (Å²) in [7, 11) is 1.65. The molecule has 0 saturated carbocycles. The van der Waals surface area contributed by atoms with Gasteiger partial charge in [0, 0.05) is 22.4 Å². The summed E-state index contributed by atoms with van der Waals surface area (Å²) in [6, 6.07) is 13.8. The van der Waals surface area contributed by atoms with Crippen LogP contribution in [0.3, 0.4) is 0 Å². The lowest BCUT2D eigenvalue weighted by Gasteiger charge is -2.24. The van der Waals surface area contributed by atoms with Crippen LogP contribution in [-0.2, 0) is 4.79 Å². The largest absolute Gasteiger partial charge is 0.497 e. The van der Waals surface area contributed by atoms with Gasteiger partial charge in [0.25, 0.3) is 0 Å². The number of ether oxygens (including phenoxy) is 1. The van der Waals surface area contributed by atoms with E-state index < -0.39 is 0 Å². The van der Waals surface area contributed by atoms with Gasteiger partial charge in [0.15, 0.2) is 0 Å². The zero-order valence-corrected chi connectivity index (χ0v) is 18.2. The lowest BCUT2D eigenvalue weighted by atomic mass is 9.86. The number of amides is 1. The number of benzene rings is 2. The molecule has 0 spiro atoms. The van der Waals surface area contributed by atoms with Crippen molar-refractivity contribution in [3.05, 3.63) is 63.8 Å². The molecule has 146 valence electrons. The van der Waals surface area contributed by atoms with Gasteiger partial charge in [0.05, 0.1) is 23.0 Å². The van der Waals surface area contributed by atoms with Crippen molar-refractivity contribution >= 4 is 49.2 Å². The number of rotatable bonds is 3. The van der Waals surface area contributed by atoms with Gasteiger partial charge in [-0.3, -0.25) is 4.79 Å². The Morgan fingerprint density at radius 2 is 2.10 bits per heavy atom. The van der Waals surface area contributed by atoms with E-state index in [2.05, 4.69) is 27.3 Å². The maximum absolute atomic E-state index is 12.6. The fraction of sp³-hybridized carbons (Fsp3) is 0.190. The molecule has 1 aliphatic rings. The second-order valence-electron chi connectivity index (χ2n) is 6.92. The molecule has 4 aromatic rings. The molecule has 0 unspecified atom stereocenters. The third kappa shape index (κ3) is 3.03. The standard InChI is InChI=1S/C21H17BrN4O2S/c1-11-19-14(13-5-3-4-6-15(13)22)10-18(27)24-20(19)26(25-11)21-23-16-8-7-12(28-2)9-17(16)29-21/h3-9,14H,10H2,1-2H3,(H,24,27)/t14-/m1/s1. The van der Waals surface area contributed by atoms with Crippen LogP contribution in [0.4, 0.5) is 5.82 Å². The summed E-state index contributed by atoms with van der Waals surface area (Å²) in [5, 5.41) is 8.48. The summed E-state index contributed by atoms with van der Waals surface area (Å²) in [4.78, 5) is 17.3. The van der Waals surface area contributed by atoms with Gasteiger partial charge < -0.3 is 10.1 Å². The van der Waals surface area contributed by atoms with Crippen molar-refractivity contribution in [2.45, 2.75) is 19.3 Å². The highest BCUT2D eigenvalue weighted by molar-refractivity contribution is 9.10. The molecular formula is C21H17BrN4O2S. The number of halogens is 1. The zero-order valence-electron chi connectivity index (χ0n) is 15.8. The highest BCUT2D eigenvalue weighted by atomic mass is 79.9. The maximum atomic E-state index is 12.6. The number of aryl methyl sites for hydroxylation is 1. The van der Waals surface area contributed by atoms with E-state index in [4.69, 9.17) is 14.8 Å². The first kappa shape index (κ1) is 18.3. The fourth-order valence-corrected chi connectivity index (χ4v) is 5.33. The number of nitrogens with zero attached hydrogens (tertiary/aromatic N) is 3. The molecule has 0 fully saturated rings. The monoisotopic (exact) mass is 468 g/mol. The van der Waals surface area contributed by atoms with Crippen molar-refractivity contribution < 1.29 is 9.53 Å². The number of aromatic nitrogens is 3. The first-order chi connectivity index (χ1) is 14.0. The number of anilines is 1. The summed E-state index contributed by atoms with van der Waals surface area (Å²) in [6.07, 6.45) is 0.388. The molecule has 1 amide bonds. The Hall–Kier alpha value is -2.71. The smallest absolute Gasteiger partial charge is 0.226 e. The van der Waals surface area contributed by atoms with Crippen molar-refractivity contribution in [2.75, 3.05) is 12.4 Å². The summed E-state index contributed by atoms with van der Waals surface area (Å²) < 4.78 is 9.06. The molecule has 1 N–H and O–H groups in total. The number of carbonyl (C=O) groups excluding carboxylic acids is 1. The average molecular weight is 469 g/mol. The van der Waals surface area contributed by atoms with Crippen molar-refractivity contribution in [2.24, 2.45) is 0 Å². The van der Waals surface area contributed by atoms with Gasteiger partial charge in [0.1, 0.15) is 11.6 Å². The molecule has 6 nitrogen and oxygen atoms in total. The van der Waals surface area contributed by atoms with Gasteiger partial charge in [-0.15, -0.1) is 0 Å². The van der Waals surface area contributed by atoms with Crippen LogP contribution in [0.5, 0.6) is 5.75 Å². The van der Waals surface area contributed by atoms with Crippen molar-refractivity contribution in [1.82, 2.24) is 14.8 Å². The van der Waals surface area contributed by atoms with Crippen molar-refractivity contribution in [3.63, 3.8) is 0 Å². The van der Waals surface area contributed by atoms with Crippen LogP contribution in [0.2, 0.25) is 0 Å². The molecule has 0 radical (unpaired) electrons. The molecule has 3 heterocycles. The van der Waals surface area contributed by atoms with Crippen LogP contribution in [0, 0.1) is 6.92 Å². The summed E-state index contributed by atoms with van der Waals surface area (Å²) in [6.45, 7) is 1.98. The Labute approximate surface area is 179 Å². The topological polar surface area (TPSA) is 69.0 Å². The van der Waals surface area contributed by atoms with Crippen molar-refractivity contribution in [1.29, 1.82) is 0 Å². The van der Waals surface area contributed by atoms with Gasteiger partial charge in [0.2, 0.25) is 11.0 Å². The number of carbonyl (C=O) groups is 1. The second kappa shape index (κ2) is 6.96. The van der Waals surface area contributed by atoms with E-state index in [-0.39, 0.29) is 11.8 Å². The number of fused-ring (bicyclic) bond motifs is 2. The predicted octanol–water partition coefficient (Wildman–Crippen LogP) is 5.04. The maximum Gasteiger partial charge on any atom is 0.226 e. The molecule has 0 aliphatic carbocycles. The van der Waals surface area contributed by atoms with Gasteiger partial charge in [-0.05, 0) is 36.8 Å². The van der Waals surface area contributed by atoms with Crippen molar-refractivity contribution in [3.8, 4) is 10.9 Å². The Bertz CT molecular complexity index is 1260. The molecule has 1 atom stereocenters. The Morgan fingerprint density at radius 3 is 2.90 bits per heavy atom. The third-order valence-corrected chi connectivity index (χ3v) is 6.86. The van der Waals surface area contributed by atoms with Crippen LogP contribution in [0.1, 0.15) is 29.2 Å². The second-order valence-corrected chi connectivity index (χ2v) is 8.78. The van der Waals surface area contributed by atoms with E-state index >= 15 is 0 Å². The lowest BCUT2D eigenvalue weighted by Crippen LogP contribution is -2.25. The van der Waals surface area contributed by atoms with E-state index in [9.17, 15) is 4.79 Å². The predicted molar refractivity (Wildman–Crippen MR) is 117 cm³/mol. The minimum absolute atomic E-state index is 0.0258. The first-order valence-corrected chi connectivity index (χ1v) is 10.7. The first-order valence-electron chi connectivity index (χ1n) is 9.14. The molecule has 0 saturated heterocycles.